The summed E-state index contributed by atoms with van der Waals surface area (Å²) in [6, 6.07) is 8.54. The number of nitrogens with zero attached hydrogens (tertiary/aromatic N) is 3. The molecule has 0 radical (unpaired) electrons. The molecule has 0 bridgehead atoms. The second-order valence-electron chi connectivity index (χ2n) is 6.09. The van der Waals surface area contributed by atoms with Crippen LogP contribution in [0.3, 0.4) is 0 Å². The van der Waals surface area contributed by atoms with E-state index in [1.165, 1.54) is 24.1 Å². The quantitative estimate of drug-likeness (QED) is 0.731. The highest BCUT2D eigenvalue weighted by Gasteiger charge is 2.37. The van der Waals surface area contributed by atoms with Gasteiger partial charge in [-0.05, 0) is 41.8 Å². The Bertz CT molecular complexity index is 1040. The van der Waals surface area contributed by atoms with Crippen LogP contribution < -0.4 is 5.32 Å². The van der Waals surface area contributed by atoms with Crippen molar-refractivity contribution in [1.29, 1.82) is 0 Å². The molecule has 0 fully saturated rings. The van der Waals surface area contributed by atoms with Crippen LogP contribution in [0.2, 0.25) is 0 Å². The number of amides is 2. The van der Waals surface area contributed by atoms with E-state index in [9.17, 15) is 14.0 Å². The number of benzene rings is 2. The number of nitrogens with one attached hydrogen (secondary N) is 1. The topological polar surface area (TPSA) is 84.4 Å². The maximum absolute atomic E-state index is 13.9. The van der Waals surface area contributed by atoms with Gasteiger partial charge in [-0.1, -0.05) is 12.1 Å². The summed E-state index contributed by atoms with van der Waals surface area (Å²) in [5.74, 6) is -0.934. The Morgan fingerprint density at radius 1 is 1.30 bits per heavy atom. The number of hydrogen-bond acceptors (Lipinski definition) is 6. The first kappa shape index (κ1) is 17.3. The van der Waals surface area contributed by atoms with Crippen molar-refractivity contribution in [2.75, 3.05) is 19.0 Å². The van der Waals surface area contributed by atoms with Gasteiger partial charge in [0.05, 0.1) is 24.5 Å². The van der Waals surface area contributed by atoms with Gasteiger partial charge >= 0.3 is 6.09 Å². The molecule has 0 saturated heterocycles. The van der Waals surface area contributed by atoms with E-state index < -0.39 is 23.9 Å². The fourth-order valence-electron chi connectivity index (χ4n) is 3.29. The van der Waals surface area contributed by atoms with E-state index in [-0.39, 0.29) is 0 Å². The Kier molecular flexibility index (Phi) is 4.44. The van der Waals surface area contributed by atoms with Crippen LogP contribution in [0.25, 0.3) is 11.0 Å². The Morgan fingerprint density at radius 2 is 2.15 bits per heavy atom. The summed E-state index contributed by atoms with van der Waals surface area (Å²) in [6.07, 6.45) is -0.126. The molecule has 2 amide bonds. The number of carbonyl (C=O) groups excluding carboxylic acids is 2. The molecule has 1 aliphatic rings. The van der Waals surface area contributed by atoms with E-state index in [1.54, 1.807) is 24.3 Å². The molecule has 27 heavy (non-hydrogen) atoms. The Balaban J connectivity index is 1.74. The predicted octanol–water partition coefficient (Wildman–Crippen LogP) is 3.13. The van der Waals surface area contributed by atoms with E-state index in [2.05, 4.69) is 14.1 Å². The molecule has 1 atom stereocenters. The largest absolute Gasteiger partial charge is 0.453 e. The summed E-state index contributed by atoms with van der Waals surface area (Å²) in [7, 11) is 1.25. The second-order valence-corrected chi connectivity index (χ2v) is 6.61. The highest BCUT2D eigenvalue weighted by Crippen LogP contribution is 2.33. The number of halogens is 1. The summed E-state index contributed by atoms with van der Waals surface area (Å²) in [5, 5.41) is 2.80. The zero-order valence-corrected chi connectivity index (χ0v) is 15.1. The van der Waals surface area contributed by atoms with E-state index in [0.29, 0.717) is 35.2 Å². The average molecular weight is 386 g/mol. The molecule has 9 heteroatoms. The number of carbonyl (C=O) groups is 2. The van der Waals surface area contributed by atoms with E-state index in [4.69, 9.17) is 4.74 Å². The SMILES string of the molecule is COC(=O)N1CCc2ccc(F)cc2[C@H]1C(=O)Nc1cccc2nsnc12. The number of anilines is 1. The first-order valence-electron chi connectivity index (χ1n) is 8.23. The molecule has 0 unspecified atom stereocenters. The van der Waals surface area contributed by atoms with Crippen molar-refractivity contribution in [3.63, 3.8) is 0 Å². The van der Waals surface area contributed by atoms with Crippen LogP contribution in [-0.4, -0.2) is 39.3 Å². The maximum Gasteiger partial charge on any atom is 0.410 e. The normalized spacial score (nSPS) is 16.1. The van der Waals surface area contributed by atoms with Gasteiger partial charge in [-0.3, -0.25) is 9.69 Å². The van der Waals surface area contributed by atoms with Crippen molar-refractivity contribution in [3.8, 4) is 0 Å². The van der Waals surface area contributed by atoms with Gasteiger partial charge < -0.3 is 10.1 Å². The average Bonchev–Trinajstić information content (AvgIpc) is 3.16. The van der Waals surface area contributed by atoms with Crippen LogP contribution in [0.4, 0.5) is 14.9 Å². The van der Waals surface area contributed by atoms with E-state index in [1.807, 2.05) is 0 Å². The van der Waals surface area contributed by atoms with Gasteiger partial charge in [-0.25, -0.2) is 9.18 Å². The van der Waals surface area contributed by atoms with Crippen LogP contribution in [0.1, 0.15) is 17.2 Å². The van der Waals surface area contributed by atoms with Crippen LogP contribution in [0.5, 0.6) is 0 Å². The molecule has 0 spiro atoms. The van der Waals surface area contributed by atoms with Crippen molar-refractivity contribution in [2.45, 2.75) is 12.5 Å². The van der Waals surface area contributed by atoms with Crippen molar-refractivity contribution in [2.24, 2.45) is 0 Å². The molecule has 3 aromatic rings. The highest BCUT2D eigenvalue weighted by atomic mass is 32.1. The van der Waals surface area contributed by atoms with Gasteiger partial charge in [0.15, 0.2) is 0 Å². The molecule has 7 nitrogen and oxygen atoms in total. The zero-order chi connectivity index (χ0) is 19.0. The van der Waals surface area contributed by atoms with Crippen molar-refractivity contribution < 1.29 is 18.7 Å². The van der Waals surface area contributed by atoms with E-state index in [0.717, 1.165) is 17.3 Å². The third-order valence-electron chi connectivity index (χ3n) is 4.54. The fourth-order valence-corrected chi connectivity index (χ4v) is 3.84. The summed E-state index contributed by atoms with van der Waals surface area (Å²) >= 11 is 1.04. The van der Waals surface area contributed by atoms with Crippen LogP contribution >= 0.6 is 11.7 Å². The maximum atomic E-state index is 13.9. The van der Waals surface area contributed by atoms with Gasteiger partial charge in [-0.2, -0.15) is 8.75 Å². The van der Waals surface area contributed by atoms with Gasteiger partial charge in [0.1, 0.15) is 22.9 Å². The minimum absolute atomic E-state index is 0.297. The molecule has 2 heterocycles. The molecule has 4 rings (SSSR count). The lowest BCUT2D eigenvalue weighted by Crippen LogP contribution is -2.45. The highest BCUT2D eigenvalue weighted by molar-refractivity contribution is 7.00. The molecular formula is C18H15FN4O3S. The Morgan fingerprint density at radius 3 is 2.96 bits per heavy atom. The van der Waals surface area contributed by atoms with Crippen LogP contribution in [0.15, 0.2) is 36.4 Å². The van der Waals surface area contributed by atoms with Crippen molar-refractivity contribution in [3.05, 3.63) is 53.3 Å². The third kappa shape index (κ3) is 3.10. The molecule has 2 aromatic carbocycles. The summed E-state index contributed by atoms with van der Waals surface area (Å²) in [6.45, 7) is 0.297. The number of fused-ring (bicyclic) bond motifs is 2. The van der Waals surface area contributed by atoms with Gasteiger partial charge in [0.2, 0.25) is 0 Å². The molecule has 1 aliphatic heterocycles. The number of aromatic nitrogens is 2. The first-order chi connectivity index (χ1) is 13.1. The lowest BCUT2D eigenvalue weighted by atomic mass is 9.92. The standard InChI is InChI=1S/C18H15FN4O3S/c1-26-18(25)23-8-7-10-5-6-11(19)9-12(10)16(23)17(24)20-13-3-2-4-14-15(13)22-27-21-14/h2-6,9,16H,7-8H2,1H3,(H,20,24)/t16-/m0/s1. The number of ether oxygens (including phenoxy) is 1. The summed E-state index contributed by atoms with van der Waals surface area (Å²) in [5.41, 5.74) is 2.99. The molecule has 138 valence electrons. The van der Waals surface area contributed by atoms with Crippen LogP contribution in [-0.2, 0) is 16.0 Å². The third-order valence-corrected chi connectivity index (χ3v) is 5.08. The molecule has 1 aromatic heterocycles. The zero-order valence-electron chi connectivity index (χ0n) is 14.3. The smallest absolute Gasteiger partial charge is 0.410 e. The molecule has 0 saturated carbocycles. The monoisotopic (exact) mass is 386 g/mol. The Labute approximate surface area is 158 Å². The van der Waals surface area contributed by atoms with E-state index >= 15 is 0 Å². The minimum atomic E-state index is -1.00. The summed E-state index contributed by atoms with van der Waals surface area (Å²) in [4.78, 5) is 26.6. The minimum Gasteiger partial charge on any atom is -0.453 e. The lowest BCUT2D eigenvalue weighted by molar-refractivity contribution is -0.121. The van der Waals surface area contributed by atoms with Crippen molar-refractivity contribution >= 4 is 40.4 Å². The van der Waals surface area contributed by atoms with Crippen LogP contribution in [0, 0.1) is 5.82 Å². The van der Waals surface area contributed by atoms with Gasteiger partial charge in [0, 0.05) is 6.54 Å². The number of methoxy groups -OCH3 is 1. The lowest BCUT2D eigenvalue weighted by Gasteiger charge is -2.35. The summed E-state index contributed by atoms with van der Waals surface area (Å²) < 4.78 is 27.0. The molecule has 1 N–H and O–H groups in total. The second kappa shape index (κ2) is 6.92. The van der Waals surface area contributed by atoms with Gasteiger partial charge in [-0.15, -0.1) is 0 Å². The first-order valence-corrected chi connectivity index (χ1v) is 8.96. The van der Waals surface area contributed by atoms with Gasteiger partial charge in [0.25, 0.3) is 5.91 Å². The number of rotatable bonds is 2. The predicted molar refractivity (Wildman–Crippen MR) is 98.0 cm³/mol. The molecule has 0 aliphatic carbocycles. The molecular weight excluding hydrogens is 371 g/mol. The Hall–Kier alpha value is -3.07. The fraction of sp³-hybridized carbons (Fsp3) is 0.222. The number of hydrogen-bond donors (Lipinski definition) is 1. The van der Waals surface area contributed by atoms with Crippen molar-refractivity contribution in [1.82, 2.24) is 13.6 Å².